The number of halogens is 1. The van der Waals surface area contributed by atoms with Crippen molar-refractivity contribution in [2.45, 2.75) is 13.3 Å². The lowest BCUT2D eigenvalue weighted by atomic mass is 10.1. The fraction of sp³-hybridized carbons (Fsp3) is 0.273. The van der Waals surface area contributed by atoms with Gasteiger partial charge in [-0.05, 0) is 30.5 Å². The summed E-state index contributed by atoms with van der Waals surface area (Å²) in [6.45, 7) is 2.02. The van der Waals surface area contributed by atoms with Crippen LogP contribution < -0.4 is 5.73 Å². The van der Waals surface area contributed by atoms with Gasteiger partial charge in [0.2, 0.25) is 0 Å². The minimum atomic E-state index is 0.665. The maximum Gasteiger partial charge on any atom is 0.0349 e. The first-order chi connectivity index (χ1) is 6.25. The standard InChI is InChI=1S/C11H14ClN/c1-9-10(5-2-3-8-12)6-4-7-11(9)13/h2,4-7H,3,8,13H2,1H3. The van der Waals surface area contributed by atoms with E-state index in [1.54, 1.807) is 0 Å². The fourth-order valence-corrected chi connectivity index (χ4v) is 1.25. The average Bonchev–Trinajstić information content (AvgIpc) is 2.13. The molecule has 0 fully saturated rings. The van der Waals surface area contributed by atoms with Crippen molar-refractivity contribution >= 4 is 23.4 Å². The Balaban J connectivity index is 2.83. The highest BCUT2D eigenvalue weighted by Gasteiger charge is 1.95. The Morgan fingerprint density at radius 3 is 2.92 bits per heavy atom. The van der Waals surface area contributed by atoms with Crippen LogP contribution in [0, 0.1) is 6.92 Å². The lowest BCUT2D eigenvalue weighted by Crippen LogP contribution is -1.90. The Kier molecular flexibility index (Phi) is 3.84. The molecule has 0 aliphatic rings. The van der Waals surface area contributed by atoms with Gasteiger partial charge in [0.05, 0.1) is 0 Å². The predicted octanol–water partition coefficient (Wildman–Crippen LogP) is 3.22. The predicted molar refractivity (Wildman–Crippen MR) is 60.0 cm³/mol. The molecule has 0 saturated carbocycles. The van der Waals surface area contributed by atoms with Gasteiger partial charge < -0.3 is 5.73 Å². The molecule has 0 radical (unpaired) electrons. The van der Waals surface area contributed by atoms with Gasteiger partial charge in [0.25, 0.3) is 0 Å². The zero-order chi connectivity index (χ0) is 9.68. The third-order valence-electron chi connectivity index (χ3n) is 1.99. The van der Waals surface area contributed by atoms with Crippen LogP contribution in [0.2, 0.25) is 0 Å². The number of hydrogen-bond acceptors (Lipinski definition) is 1. The van der Waals surface area contributed by atoms with E-state index in [1.165, 1.54) is 5.56 Å². The largest absolute Gasteiger partial charge is 0.398 e. The van der Waals surface area contributed by atoms with Crippen LogP contribution in [0.1, 0.15) is 17.5 Å². The summed E-state index contributed by atoms with van der Waals surface area (Å²) in [6, 6.07) is 5.92. The summed E-state index contributed by atoms with van der Waals surface area (Å²) in [5.41, 5.74) is 8.91. The van der Waals surface area contributed by atoms with Crippen LogP contribution in [0.25, 0.3) is 6.08 Å². The minimum absolute atomic E-state index is 0.665. The molecular formula is C11H14ClN. The van der Waals surface area contributed by atoms with Gasteiger partial charge in [-0.3, -0.25) is 0 Å². The number of nitrogens with two attached hydrogens (primary N) is 1. The summed E-state index contributed by atoms with van der Waals surface area (Å²) in [7, 11) is 0. The summed E-state index contributed by atoms with van der Waals surface area (Å²) in [5.74, 6) is 0.665. The smallest absolute Gasteiger partial charge is 0.0349 e. The maximum absolute atomic E-state index is 5.76. The maximum atomic E-state index is 5.76. The van der Waals surface area contributed by atoms with E-state index < -0.39 is 0 Å². The van der Waals surface area contributed by atoms with Crippen LogP contribution in [0.4, 0.5) is 5.69 Å². The molecular weight excluding hydrogens is 182 g/mol. The van der Waals surface area contributed by atoms with Crippen molar-refractivity contribution in [1.29, 1.82) is 0 Å². The highest BCUT2D eigenvalue weighted by Crippen LogP contribution is 2.16. The molecule has 1 aromatic rings. The van der Waals surface area contributed by atoms with Crippen molar-refractivity contribution in [2.24, 2.45) is 0 Å². The van der Waals surface area contributed by atoms with Crippen molar-refractivity contribution in [2.75, 3.05) is 11.6 Å². The van der Waals surface area contributed by atoms with Crippen LogP contribution in [-0.2, 0) is 0 Å². The van der Waals surface area contributed by atoms with E-state index in [0.29, 0.717) is 5.88 Å². The van der Waals surface area contributed by atoms with Gasteiger partial charge >= 0.3 is 0 Å². The highest BCUT2D eigenvalue weighted by molar-refractivity contribution is 6.17. The molecule has 0 saturated heterocycles. The van der Waals surface area contributed by atoms with Crippen molar-refractivity contribution < 1.29 is 0 Å². The van der Waals surface area contributed by atoms with Gasteiger partial charge in [0.15, 0.2) is 0 Å². The molecule has 0 atom stereocenters. The molecule has 13 heavy (non-hydrogen) atoms. The van der Waals surface area contributed by atoms with Gasteiger partial charge in [-0.25, -0.2) is 0 Å². The van der Waals surface area contributed by atoms with Crippen molar-refractivity contribution in [3.8, 4) is 0 Å². The van der Waals surface area contributed by atoms with Crippen molar-refractivity contribution in [1.82, 2.24) is 0 Å². The third kappa shape index (κ3) is 2.78. The van der Waals surface area contributed by atoms with Gasteiger partial charge in [-0.2, -0.15) is 0 Å². The zero-order valence-corrected chi connectivity index (χ0v) is 8.51. The number of alkyl halides is 1. The molecule has 1 nitrogen and oxygen atoms in total. The lowest BCUT2D eigenvalue weighted by molar-refractivity contribution is 1.24. The lowest BCUT2D eigenvalue weighted by Gasteiger charge is -2.02. The number of benzene rings is 1. The second-order valence-corrected chi connectivity index (χ2v) is 3.32. The first-order valence-corrected chi connectivity index (χ1v) is 4.86. The average molecular weight is 196 g/mol. The summed E-state index contributed by atoms with van der Waals surface area (Å²) in [4.78, 5) is 0. The normalized spacial score (nSPS) is 10.9. The highest BCUT2D eigenvalue weighted by atomic mass is 35.5. The van der Waals surface area contributed by atoms with Gasteiger partial charge in [-0.15, -0.1) is 11.6 Å². The molecule has 0 amide bonds. The van der Waals surface area contributed by atoms with Crippen LogP contribution >= 0.6 is 11.6 Å². The Hall–Kier alpha value is -0.950. The van der Waals surface area contributed by atoms with E-state index in [-0.39, 0.29) is 0 Å². The summed E-state index contributed by atoms with van der Waals surface area (Å²) in [6.07, 6.45) is 5.03. The van der Waals surface area contributed by atoms with Crippen LogP contribution in [0.5, 0.6) is 0 Å². The quantitative estimate of drug-likeness (QED) is 0.582. The molecule has 0 bridgehead atoms. The molecule has 0 aliphatic carbocycles. The second-order valence-electron chi connectivity index (χ2n) is 2.94. The van der Waals surface area contributed by atoms with E-state index in [9.17, 15) is 0 Å². The number of allylic oxidation sites excluding steroid dienone is 1. The van der Waals surface area contributed by atoms with Crippen molar-refractivity contribution in [3.63, 3.8) is 0 Å². The monoisotopic (exact) mass is 195 g/mol. The van der Waals surface area contributed by atoms with E-state index in [2.05, 4.69) is 18.2 Å². The van der Waals surface area contributed by atoms with E-state index in [4.69, 9.17) is 17.3 Å². The molecule has 0 aromatic heterocycles. The Morgan fingerprint density at radius 2 is 2.23 bits per heavy atom. The number of nitrogen functional groups attached to an aromatic ring is 1. The summed E-state index contributed by atoms with van der Waals surface area (Å²) >= 11 is 5.56. The number of rotatable bonds is 3. The molecule has 0 aliphatic heterocycles. The Morgan fingerprint density at radius 1 is 1.46 bits per heavy atom. The van der Waals surface area contributed by atoms with Gasteiger partial charge in [0.1, 0.15) is 0 Å². The fourth-order valence-electron chi connectivity index (χ4n) is 1.13. The topological polar surface area (TPSA) is 26.0 Å². The van der Waals surface area contributed by atoms with Gasteiger partial charge in [0, 0.05) is 11.6 Å². The molecule has 2 heteroatoms. The van der Waals surface area contributed by atoms with Crippen LogP contribution in [0.3, 0.4) is 0 Å². The van der Waals surface area contributed by atoms with Gasteiger partial charge in [-0.1, -0.05) is 24.3 Å². The molecule has 70 valence electrons. The van der Waals surface area contributed by atoms with Crippen molar-refractivity contribution in [3.05, 3.63) is 35.4 Å². The Labute approximate surface area is 84.2 Å². The molecule has 2 N–H and O–H groups in total. The summed E-state index contributed by atoms with van der Waals surface area (Å²) in [5, 5.41) is 0. The second kappa shape index (κ2) is 4.93. The van der Waals surface area contributed by atoms with E-state index in [1.807, 2.05) is 19.1 Å². The first-order valence-electron chi connectivity index (χ1n) is 4.33. The summed E-state index contributed by atoms with van der Waals surface area (Å²) < 4.78 is 0. The minimum Gasteiger partial charge on any atom is -0.398 e. The first kappa shape index (κ1) is 10.1. The molecule has 1 rings (SSSR count). The SMILES string of the molecule is Cc1c(N)cccc1C=CCCCl. The van der Waals surface area contributed by atoms with E-state index in [0.717, 1.165) is 17.7 Å². The molecule has 0 unspecified atom stereocenters. The molecule has 1 aromatic carbocycles. The van der Waals surface area contributed by atoms with Crippen LogP contribution in [0.15, 0.2) is 24.3 Å². The van der Waals surface area contributed by atoms with Crippen LogP contribution in [-0.4, -0.2) is 5.88 Å². The Bertz CT molecular complexity index is 305. The molecule has 0 spiro atoms. The third-order valence-corrected chi connectivity index (χ3v) is 2.21. The molecule has 0 heterocycles. The number of hydrogen-bond donors (Lipinski definition) is 1. The zero-order valence-electron chi connectivity index (χ0n) is 7.76. The number of anilines is 1. The van der Waals surface area contributed by atoms with E-state index >= 15 is 0 Å².